The first-order valence-corrected chi connectivity index (χ1v) is 5.86. The third kappa shape index (κ3) is 2.56. The fourth-order valence-electron chi connectivity index (χ4n) is 1.45. The van der Waals surface area contributed by atoms with Crippen molar-refractivity contribution in [2.75, 3.05) is 0 Å². The SMILES string of the molecule is NCc1ccccc1Sc1cccc(O)c1. The van der Waals surface area contributed by atoms with Gasteiger partial charge in [-0.1, -0.05) is 36.0 Å². The fourth-order valence-corrected chi connectivity index (χ4v) is 2.46. The Bertz CT molecular complexity index is 485. The fraction of sp³-hybridized carbons (Fsp3) is 0.0769. The molecular weight excluding hydrogens is 218 g/mol. The van der Waals surface area contributed by atoms with Crippen LogP contribution in [0, 0.1) is 0 Å². The van der Waals surface area contributed by atoms with Gasteiger partial charge in [-0.3, -0.25) is 0 Å². The number of phenolic OH excluding ortho intramolecular Hbond substituents is 1. The molecule has 2 rings (SSSR count). The van der Waals surface area contributed by atoms with Crippen LogP contribution >= 0.6 is 11.8 Å². The van der Waals surface area contributed by atoms with E-state index in [1.165, 1.54) is 0 Å². The third-order valence-electron chi connectivity index (χ3n) is 2.24. The molecule has 0 atom stereocenters. The van der Waals surface area contributed by atoms with Crippen LogP contribution in [0.2, 0.25) is 0 Å². The van der Waals surface area contributed by atoms with E-state index in [1.54, 1.807) is 23.9 Å². The van der Waals surface area contributed by atoms with Gasteiger partial charge in [-0.25, -0.2) is 0 Å². The van der Waals surface area contributed by atoms with Crippen molar-refractivity contribution in [1.29, 1.82) is 0 Å². The minimum Gasteiger partial charge on any atom is -0.508 e. The number of phenols is 1. The lowest BCUT2D eigenvalue weighted by atomic mass is 10.2. The van der Waals surface area contributed by atoms with Crippen LogP contribution in [-0.2, 0) is 6.54 Å². The summed E-state index contributed by atoms with van der Waals surface area (Å²) in [4.78, 5) is 2.15. The highest BCUT2D eigenvalue weighted by Gasteiger charge is 2.02. The van der Waals surface area contributed by atoms with E-state index in [9.17, 15) is 5.11 Å². The van der Waals surface area contributed by atoms with Crippen LogP contribution in [0.3, 0.4) is 0 Å². The summed E-state index contributed by atoms with van der Waals surface area (Å²) in [5.41, 5.74) is 6.79. The Labute approximate surface area is 99.1 Å². The summed E-state index contributed by atoms with van der Waals surface area (Å²) in [6.45, 7) is 0.530. The summed E-state index contributed by atoms with van der Waals surface area (Å²) in [7, 11) is 0. The van der Waals surface area contributed by atoms with E-state index >= 15 is 0 Å². The zero-order chi connectivity index (χ0) is 11.4. The Morgan fingerprint density at radius 1 is 1.06 bits per heavy atom. The van der Waals surface area contributed by atoms with E-state index in [-0.39, 0.29) is 5.75 Å². The number of aromatic hydroxyl groups is 1. The van der Waals surface area contributed by atoms with E-state index in [0.29, 0.717) is 6.54 Å². The van der Waals surface area contributed by atoms with Crippen molar-refractivity contribution >= 4 is 11.8 Å². The molecule has 0 amide bonds. The average molecular weight is 231 g/mol. The van der Waals surface area contributed by atoms with Crippen LogP contribution in [0.5, 0.6) is 5.75 Å². The van der Waals surface area contributed by atoms with Crippen LogP contribution in [0.4, 0.5) is 0 Å². The van der Waals surface area contributed by atoms with E-state index in [0.717, 1.165) is 15.4 Å². The van der Waals surface area contributed by atoms with E-state index < -0.39 is 0 Å². The Hall–Kier alpha value is -1.45. The molecule has 3 N–H and O–H groups in total. The maximum Gasteiger partial charge on any atom is 0.116 e. The summed E-state index contributed by atoms with van der Waals surface area (Å²) < 4.78 is 0. The first-order valence-electron chi connectivity index (χ1n) is 5.04. The predicted octanol–water partition coefficient (Wildman–Crippen LogP) is 3.00. The minimum absolute atomic E-state index is 0.287. The van der Waals surface area contributed by atoms with Gasteiger partial charge in [-0.2, -0.15) is 0 Å². The molecular formula is C13H13NOS. The molecule has 2 aromatic rings. The number of benzene rings is 2. The predicted molar refractivity (Wildman–Crippen MR) is 66.6 cm³/mol. The van der Waals surface area contributed by atoms with Gasteiger partial charge in [0.25, 0.3) is 0 Å². The third-order valence-corrected chi connectivity index (χ3v) is 3.35. The highest BCUT2D eigenvalue weighted by Crippen LogP contribution is 2.31. The Kier molecular flexibility index (Phi) is 3.49. The quantitative estimate of drug-likeness (QED) is 0.853. The number of hydrogen-bond donors (Lipinski definition) is 2. The monoisotopic (exact) mass is 231 g/mol. The van der Waals surface area contributed by atoms with Gasteiger partial charge < -0.3 is 10.8 Å². The Morgan fingerprint density at radius 3 is 2.62 bits per heavy atom. The lowest BCUT2D eigenvalue weighted by Gasteiger charge is -2.07. The summed E-state index contributed by atoms with van der Waals surface area (Å²) >= 11 is 1.61. The second kappa shape index (κ2) is 5.05. The van der Waals surface area contributed by atoms with Crippen molar-refractivity contribution in [3.8, 4) is 5.75 Å². The summed E-state index contributed by atoms with van der Waals surface area (Å²) in [5, 5.41) is 9.38. The number of nitrogens with two attached hydrogens (primary N) is 1. The van der Waals surface area contributed by atoms with Gasteiger partial charge in [0.2, 0.25) is 0 Å². The molecule has 0 aliphatic rings. The molecule has 0 aliphatic carbocycles. The molecule has 0 aliphatic heterocycles. The molecule has 16 heavy (non-hydrogen) atoms. The van der Waals surface area contributed by atoms with E-state index in [1.807, 2.05) is 36.4 Å². The van der Waals surface area contributed by atoms with Crippen molar-refractivity contribution in [2.24, 2.45) is 5.73 Å². The van der Waals surface area contributed by atoms with E-state index in [4.69, 9.17) is 5.73 Å². The van der Waals surface area contributed by atoms with Crippen LogP contribution in [-0.4, -0.2) is 5.11 Å². The first kappa shape index (κ1) is 11.0. The maximum absolute atomic E-state index is 9.38. The second-order valence-corrected chi connectivity index (χ2v) is 4.53. The molecule has 0 saturated heterocycles. The number of rotatable bonds is 3. The molecule has 0 bridgehead atoms. The van der Waals surface area contributed by atoms with Crippen LogP contribution in [0.1, 0.15) is 5.56 Å². The number of hydrogen-bond acceptors (Lipinski definition) is 3. The smallest absolute Gasteiger partial charge is 0.116 e. The van der Waals surface area contributed by atoms with Gasteiger partial charge in [0.05, 0.1) is 0 Å². The zero-order valence-corrected chi connectivity index (χ0v) is 9.58. The van der Waals surface area contributed by atoms with Crippen molar-refractivity contribution in [1.82, 2.24) is 0 Å². The van der Waals surface area contributed by atoms with Gasteiger partial charge in [-0.15, -0.1) is 0 Å². The van der Waals surface area contributed by atoms with Crippen LogP contribution < -0.4 is 5.73 Å². The lowest BCUT2D eigenvalue weighted by Crippen LogP contribution is -1.97. The second-order valence-electron chi connectivity index (χ2n) is 3.41. The van der Waals surface area contributed by atoms with Gasteiger partial charge in [0.15, 0.2) is 0 Å². The average Bonchev–Trinajstić information content (AvgIpc) is 2.30. The van der Waals surface area contributed by atoms with Gasteiger partial charge in [0.1, 0.15) is 5.75 Å². The van der Waals surface area contributed by atoms with Crippen molar-refractivity contribution in [2.45, 2.75) is 16.3 Å². The van der Waals surface area contributed by atoms with Crippen molar-refractivity contribution in [3.05, 3.63) is 54.1 Å². The summed E-state index contributed by atoms with van der Waals surface area (Å²) in [6.07, 6.45) is 0. The van der Waals surface area contributed by atoms with E-state index in [2.05, 4.69) is 0 Å². The molecule has 0 fully saturated rings. The maximum atomic E-state index is 9.38. The Balaban J connectivity index is 2.26. The highest BCUT2D eigenvalue weighted by atomic mass is 32.2. The van der Waals surface area contributed by atoms with Gasteiger partial charge in [0, 0.05) is 16.3 Å². The molecule has 0 saturated carbocycles. The minimum atomic E-state index is 0.287. The normalized spacial score (nSPS) is 10.3. The van der Waals surface area contributed by atoms with Gasteiger partial charge >= 0.3 is 0 Å². The first-order chi connectivity index (χ1) is 7.79. The molecule has 0 unspecified atom stereocenters. The summed E-state index contributed by atoms with van der Waals surface area (Å²) in [5.74, 6) is 0.287. The molecule has 2 nitrogen and oxygen atoms in total. The van der Waals surface area contributed by atoms with Crippen molar-refractivity contribution in [3.63, 3.8) is 0 Å². The largest absolute Gasteiger partial charge is 0.508 e. The highest BCUT2D eigenvalue weighted by molar-refractivity contribution is 7.99. The molecule has 0 heterocycles. The van der Waals surface area contributed by atoms with Gasteiger partial charge in [-0.05, 0) is 29.8 Å². The Morgan fingerprint density at radius 2 is 1.88 bits per heavy atom. The lowest BCUT2D eigenvalue weighted by molar-refractivity contribution is 0.474. The zero-order valence-electron chi connectivity index (χ0n) is 8.76. The molecule has 82 valence electrons. The molecule has 0 aromatic heterocycles. The topological polar surface area (TPSA) is 46.2 Å². The molecule has 2 aromatic carbocycles. The van der Waals surface area contributed by atoms with Crippen molar-refractivity contribution < 1.29 is 5.11 Å². The molecule has 3 heteroatoms. The summed E-state index contributed by atoms with van der Waals surface area (Å²) in [6, 6.07) is 15.2. The standard InChI is InChI=1S/C13H13NOS/c14-9-10-4-1-2-7-13(10)16-12-6-3-5-11(15)8-12/h1-8,15H,9,14H2. The van der Waals surface area contributed by atoms with Crippen LogP contribution in [0.25, 0.3) is 0 Å². The molecule has 0 radical (unpaired) electrons. The molecule has 0 spiro atoms. The van der Waals surface area contributed by atoms with Crippen LogP contribution in [0.15, 0.2) is 58.3 Å².